The molecule has 2 saturated heterocycles. The number of hydrogen-bond acceptors (Lipinski definition) is 10. The molecule has 1 aromatic carbocycles. The molecule has 11 nitrogen and oxygen atoms in total. The number of phosphoric acid groups is 1. The molecule has 2 aromatic heterocycles. The number of hydrogen-bond donors (Lipinski definition) is 3. The lowest BCUT2D eigenvalue weighted by atomic mass is 9.96. The molecule has 2 aliphatic heterocycles. The summed E-state index contributed by atoms with van der Waals surface area (Å²) < 4.78 is 38.2. The molecular formula is C23H28ClN4O7P. The number of nitrogen functional groups attached to an aromatic ring is 1. The van der Waals surface area contributed by atoms with Crippen molar-refractivity contribution in [1.82, 2.24) is 14.5 Å². The molecule has 13 heteroatoms. The van der Waals surface area contributed by atoms with E-state index in [-0.39, 0.29) is 12.4 Å². The Kier molecular flexibility index (Phi) is 6.42. The predicted octanol–water partition coefficient (Wildman–Crippen LogP) is 3.76. The summed E-state index contributed by atoms with van der Waals surface area (Å²) in [6.07, 6.45) is -0.681. The highest BCUT2D eigenvalue weighted by Crippen LogP contribution is 2.62. The molecular weight excluding hydrogens is 511 g/mol. The van der Waals surface area contributed by atoms with Gasteiger partial charge in [-0.15, -0.1) is 0 Å². The molecule has 194 valence electrons. The molecule has 0 bridgehead atoms. The Balaban J connectivity index is 1.35. The van der Waals surface area contributed by atoms with Crippen LogP contribution in [0.4, 0.5) is 5.82 Å². The number of anilines is 1. The number of fused-ring (bicyclic) bond motifs is 1. The first kappa shape index (κ1) is 25.6. The van der Waals surface area contributed by atoms with Crippen LogP contribution in [0, 0.1) is 0 Å². The zero-order chi connectivity index (χ0) is 25.9. The summed E-state index contributed by atoms with van der Waals surface area (Å²) in [5.74, 6) is 0.276. The average Bonchev–Trinajstić information content (AvgIpc) is 3.31. The van der Waals surface area contributed by atoms with Gasteiger partial charge in [0.25, 0.3) is 0 Å². The molecule has 2 fully saturated rings. The Bertz CT molecular complexity index is 1330. The van der Waals surface area contributed by atoms with E-state index < -0.39 is 43.6 Å². The monoisotopic (exact) mass is 538 g/mol. The number of nitrogens with two attached hydrogens (primary N) is 1. The normalized spacial score (nSPS) is 34.3. The van der Waals surface area contributed by atoms with Crippen LogP contribution >= 0.6 is 19.4 Å². The van der Waals surface area contributed by atoms with E-state index in [0.29, 0.717) is 22.5 Å². The zero-order valence-corrected chi connectivity index (χ0v) is 21.6. The molecule has 0 spiro atoms. The van der Waals surface area contributed by atoms with E-state index in [4.69, 9.17) is 35.6 Å². The lowest BCUT2D eigenvalue weighted by Gasteiger charge is -2.39. The largest absolute Gasteiger partial charge is 0.476 e. The first-order valence-corrected chi connectivity index (χ1v) is 13.2. The molecule has 2 aliphatic rings. The van der Waals surface area contributed by atoms with Crippen molar-refractivity contribution in [2.45, 2.75) is 62.9 Å². The summed E-state index contributed by atoms with van der Waals surface area (Å²) in [5.41, 5.74) is 4.53. The Morgan fingerprint density at radius 3 is 2.83 bits per heavy atom. The van der Waals surface area contributed by atoms with Crippen LogP contribution in [0.1, 0.15) is 45.1 Å². The Labute approximate surface area is 212 Å². The maximum Gasteiger partial charge on any atom is 0.476 e. The molecule has 4 heterocycles. The number of aliphatic hydroxyl groups is 2. The van der Waals surface area contributed by atoms with Crippen LogP contribution in [-0.2, 0) is 22.9 Å². The molecule has 0 unspecified atom stereocenters. The lowest BCUT2D eigenvalue weighted by Crippen LogP contribution is -2.44. The summed E-state index contributed by atoms with van der Waals surface area (Å²) in [4.78, 5) is 8.19. The summed E-state index contributed by atoms with van der Waals surface area (Å²) >= 11 is 6.13. The molecule has 0 saturated carbocycles. The molecule has 4 N–H and O–H groups in total. The van der Waals surface area contributed by atoms with Crippen molar-refractivity contribution in [2.24, 2.45) is 0 Å². The Morgan fingerprint density at radius 2 is 2.08 bits per heavy atom. The van der Waals surface area contributed by atoms with Gasteiger partial charge in [0.15, 0.2) is 6.23 Å². The molecule has 6 atom stereocenters. The number of aromatic nitrogens is 3. The summed E-state index contributed by atoms with van der Waals surface area (Å²) in [6.45, 7) is 4.65. The van der Waals surface area contributed by atoms with E-state index in [0.717, 1.165) is 5.56 Å². The second-order valence-corrected chi connectivity index (χ2v) is 11.8. The van der Waals surface area contributed by atoms with Crippen molar-refractivity contribution in [2.75, 3.05) is 12.3 Å². The van der Waals surface area contributed by atoms with E-state index in [1.54, 1.807) is 48.9 Å². The second kappa shape index (κ2) is 9.04. The quantitative estimate of drug-likeness (QED) is 0.409. The van der Waals surface area contributed by atoms with Crippen molar-refractivity contribution < 1.29 is 33.1 Å². The number of rotatable bonds is 5. The highest BCUT2D eigenvalue weighted by Gasteiger charge is 2.54. The van der Waals surface area contributed by atoms with Gasteiger partial charge in [0.1, 0.15) is 35.6 Å². The second-order valence-electron chi connectivity index (χ2n) is 9.86. The van der Waals surface area contributed by atoms with Gasteiger partial charge >= 0.3 is 7.82 Å². The fourth-order valence-electron chi connectivity index (χ4n) is 4.67. The first-order chi connectivity index (χ1) is 16.9. The van der Waals surface area contributed by atoms with Gasteiger partial charge in [-0.2, -0.15) is 0 Å². The molecule has 3 aromatic rings. The van der Waals surface area contributed by atoms with Crippen molar-refractivity contribution in [3.63, 3.8) is 0 Å². The van der Waals surface area contributed by atoms with E-state index >= 15 is 0 Å². The Hall–Kier alpha value is -2.08. The van der Waals surface area contributed by atoms with Crippen molar-refractivity contribution >= 4 is 36.3 Å². The smallest absolute Gasteiger partial charge is 0.387 e. The SMILES string of the molecule is CC1(C)C[C@H](c2cccc(Cl)c2)O[P@](=O)(OC[C@H]2O[C@@H](n3ccc4c(N)ncnc43)[C@](C)(O)[C@@H]2O)O1. The molecule has 0 radical (unpaired) electrons. The summed E-state index contributed by atoms with van der Waals surface area (Å²) in [5, 5.41) is 23.1. The van der Waals surface area contributed by atoms with Crippen LogP contribution in [0.5, 0.6) is 0 Å². The zero-order valence-electron chi connectivity index (χ0n) is 19.9. The van der Waals surface area contributed by atoms with Crippen LogP contribution in [0.3, 0.4) is 0 Å². The minimum absolute atomic E-state index is 0.276. The summed E-state index contributed by atoms with van der Waals surface area (Å²) in [7, 11) is -4.08. The number of aliphatic hydroxyl groups excluding tert-OH is 1. The molecule has 0 amide bonds. The maximum atomic E-state index is 13.5. The van der Waals surface area contributed by atoms with E-state index in [1.807, 2.05) is 6.07 Å². The first-order valence-electron chi connectivity index (χ1n) is 11.4. The van der Waals surface area contributed by atoms with E-state index in [9.17, 15) is 14.8 Å². The topological polar surface area (TPSA) is 151 Å². The van der Waals surface area contributed by atoms with Crippen LogP contribution < -0.4 is 5.73 Å². The van der Waals surface area contributed by atoms with Crippen LogP contribution in [0.15, 0.2) is 42.9 Å². The van der Waals surface area contributed by atoms with Crippen molar-refractivity contribution in [3.8, 4) is 0 Å². The van der Waals surface area contributed by atoms with Gasteiger partial charge in [-0.1, -0.05) is 23.7 Å². The van der Waals surface area contributed by atoms with Gasteiger partial charge in [-0.3, -0.25) is 13.6 Å². The van der Waals surface area contributed by atoms with Crippen LogP contribution in [0.25, 0.3) is 11.0 Å². The van der Waals surface area contributed by atoms with Crippen LogP contribution in [-0.4, -0.2) is 54.8 Å². The average molecular weight is 539 g/mol. The number of halogens is 1. The molecule has 0 aliphatic carbocycles. The third-order valence-electron chi connectivity index (χ3n) is 6.46. The van der Waals surface area contributed by atoms with Gasteiger partial charge in [0.2, 0.25) is 0 Å². The van der Waals surface area contributed by atoms with Crippen molar-refractivity contribution in [1.29, 1.82) is 0 Å². The van der Waals surface area contributed by atoms with Crippen LogP contribution in [0.2, 0.25) is 5.02 Å². The number of phosphoric ester groups is 1. The lowest BCUT2D eigenvalue weighted by molar-refractivity contribution is -0.0964. The van der Waals surface area contributed by atoms with Gasteiger partial charge in [0.05, 0.1) is 23.7 Å². The minimum Gasteiger partial charge on any atom is -0.387 e. The maximum absolute atomic E-state index is 13.5. The van der Waals surface area contributed by atoms with E-state index in [1.165, 1.54) is 13.3 Å². The van der Waals surface area contributed by atoms with Gasteiger partial charge in [-0.25, -0.2) is 14.5 Å². The predicted molar refractivity (Wildman–Crippen MR) is 131 cm³/mol. The third kappa shape index (κ3) is 4.66. The number of benzene rings is 1. The fourth-order valence-corrected chi connectivity index (χ4v) is 6.54. The molecule has 36 heavy (non-hydrogen) atoms. The minimum atomic E-state index is -4.08. The molecule has 5 rings (SSSR count). The van der Waals surface area contributed by atoms with Gasteiger partial charge in [-0.05, 0) is 44.5 Å². The van der Waals surface area contributed by atoms with Gasteiger partial charge in [0, 0.05) is 17.6 Å². The highest BCUT2D eigenvalue weighted by atomic mass is 35.5. The highest BCUT2D eigenvalue weighted by molar-refractivity contribution is 7.48. The number of nitrogens with zero attached hydrogens (tertiary/aromatic N) is 3. The Morgan fingerprint density at radius 1 is 1.31 bits per heavy atom. The number of ether oxygens (including phenoxy) is 1. The fraction of sp³-hybridized carbons (Fsp3) is 0.478. The summed E-state index contributed by atoms with van der Waals surface area (Å²) in [6, 6.07) is 8.78. The van der Waals surface area contributed by atoms with E-state index in [2.05, 4.69) is 9.97 Å². The van der Waals surface area contributed by atoms with Gasteiger partial charge < -0.3 is 25.3 Å². The standard InChI is InChI=1S/C23H28ClN4O7P/c1-22(2)10-16(13-5-4-6-14(24)9-13)34-36(31,35-22)32-11-17-18(29)23(3,30)21(33-17)28-8-7-15-19(25)26-12-27-20(15)28/h4-9,12,16-18,21,29-30H,10-11H2,1-3H3,(H2,25,26,27)/t16-,17-,18-,21-,23-,36+/m1/s1. The van der Waals surface area contributed by atoms with Crippen molar-refractivity contribution in [3.05, 3.63) is 53.4 Å². The third-order valence-corrected chi connectivity index (χ3v) is 8.39.